The number of ether oxygens (including phenoxy) is 1. The molecule has 12 heteroatoms. The largest absolute Gasteiger partial charge is 0.433 e. The molecule has 0 amide bonds. The number of nitrogens with zero attached hydrogens (tertiary/aromatic N) is 1. The molecule has 1 saturated heterocycles. The maximum absolute atomic E-state index is 12.4. The van der Waals surface area contributed by atoms with Crippen LogP contribution in [0.25, 0.3) is 0 Å². The van der Waals surface area contributed by atoms with Gasteiger partial charge in [0.25, 0.3) is 0 Å². The van der Waals surface area contributed by atoms with E-state index in [-0.39, 0.29) is 4.90 Å². The van der Waals surface area contributed by atoms with Crippen molar-refractivity contribution in [2.24, 2.45) is 0 Å². The van der Waals surface area contributed by atoms with Gasteiger partial charge in [0.15, 0.2) is 12.2 Å². The molecule has 1 aliphatic rings. The van der Waals surface area contributed by atoms with Gasteiger partial charge in [0.2, 0.25) is 0 Å². The summed E-state index contributed by atoms with van der Waals surface area (Å²) in [5.74, 6) is 0. The van der Waals surface area contributed by atoms with E-state index in [1.54, 1.807) is 0 Å². The molecule has 1 fully saturated rings. The molecule has 0 bridgehead atoms. The summed E-state index contributed by atoms with van der Waals surface area (Å²) in [5, 5.41) is 0. The molecule has 0 aromatic heterocycles. The zero-order chi connectivity index (χ0) is 16.6. The highest BCUT2D eigenvalue weighted by Crippen LogP contribution is 2.38. The second-order valence-electron chi connectivity index (χ2n) is 4.09. The van der Waals surface area contributed by atoms with Crippen molar-refractivity contribution in [2.45, 2.75) is 30.7 Å². The van der Waals surface area contributed by atoms with Crippen molar-refractivity contribution >= 4 is 0 Å². The van der Waals surface area contributed by atoms with Gasteiger partial charge in [0, 0.05) is 0 Å². The Bertz CT molecular complexity index is 373. The molecule has 0 radical (unpaired) electrons. The van der Waals surface area contributed by atoms with Crippen molar-refractivity contribution in [3.63, 3.8) is 0 Å². The third-order valence-corrected chi connectivity index (χ3v) is 2.57. The van der Waals surface area contributed by atoms with Gasteiger partial charge in [-0.1, -0.05) is 0 Å². The van der Waals surface area contributed by atoms with Crippen LogP contribution in [0.3, 0.4) is 0 Å². The van der Waals surface area contributed by atoms with Crippen LogP contribution in [-0.2, 0) is 4.74 Å². The van der Waals surface area contributed by atoms with Crippen LogP contribution < -0.4 is 0 Å². The summed E-state index contributed by atoms with van der Waals surface area (Å²) in [5.41, 5.74) is -2.23. The van der Waals surface area contributed by atoms with E-state index in [1.165, 1.54) is 0 Å². The minimum absolute atomic E-state index is 0.375. The molecule has 2 atom stereocenters. The Labute approximate surface area is 110 Å². The number of rotatable bonds is 1. The fraction of sp³-hybridized carbons (Fsp3) is 0.778. The zero-order valence-electron chi connectivity index (χ0n) is 9.78. The Hall–Kier alpha value is -1.20. The first kappa shape index (κ1) is 17.9. The number of morpholine rings is 1. The molecule has 0 aromatic carbocycles. The number of alkyl halides is 9. The maximum Gasteiger partial charge on any atom is 0.433 e. The molecule has 124 valence electrons. The highest BCUT2D eigenvalue weighted by atomic mass is 19.4. The molecule has 0 saturated carbocycles. The molecule has 0 aliphatic carbocycles. The van der Waals surface area contributed by atoms with Crippen molar-refractivity contribution in [1.29, 1.82) is 0 Å². The van der Waals surface area contributed by atoms with Crippen LogP contribution in [0, 0.1) is 0 Å². The monoisotopic (exact) mass is 335 g/mol. The summed E-state index contributed by atoms with van der Waals surface area (Å²) in [6.45, 7) is -3.18. The van der Waals surface area contributed by atoms with Gasteiger partial charge < -0.3 is 9.64 Å². The Balaban J connectivity index is 3.10. The van der Waals surface area contributed by atoms with Gasteiger partial charge in [-0.2, -0.15) is 39.5 Å². The average Bonchev–Trinajstić information content (AvgIpc) is 2.25. The number of allylic oxidation sites excluding steroid dienone is 1. The molecular formula is C9H7F10NO. The molecule has 0 aromatic rings. The highest BCUT2D eigenvalue weighted by molar-refractivity contribution is 5.07. The normalized spacial score (nSPS) is 26.2. The number of halogens is 10. The fourth-order valence-corrected chi connectivity index (χ4v) is 1.63. The lowest BCUT2D eigenvalue weighted by Crippen LogP contribution is -2.57. The Morgan fingerprint density at radius 3 is 1.48 bits per heavy atom. The first-order chi connectivity index (χ1) is 9.26. The molecular weight excluding hydrogens is 328 g/mol. The lowest BCUT2D eigenvalue weighted by molar-refractivity contribution is -0.307. The van der Waals surface area contributed by atoms with E-state index in [2.05, 4.69) is 4.74 Å². The maximum atomic E-state index is 12.4. The fourth-order valence-electron chi connectivity index (χ4n) is 1.63. The Morgan fingerprint density at radius 2 is 1.24 bits per heavy atom. The molecule has 1 aliphatic heterocycles. The van der Waals surface area contributed by atoms with Crippen molar-refractivity contribution in [2.75, 3.05) is 13.1 Å². The minimum Gasteiger partial charge on any atom is -0.360 e. The number of hydrogen-bond acceptors (Lipinski definition) is 2. The molecule has 0 spiro atoms. The summed E-state index contributed by atoms with van der Waals surface area (Å²) in [7, 11) is 0. The van der Waals surface area contributed by atoms with Gasteiger partial charge in [-0.3, -0.25) is 0 Å². The summed E-state index contributed by atoms with van der Waals surface area (Å²) in [6, 6.07) is 0. The van der Waals surface area contributed by atoms with Crippen molar-refractivity contribution < 1.29 is 48.6 Å². The number of hydrogen-bond donors (Lipinski definition) is 0. The molecule has 2 unspecified atom stereocenters. The van der Waals surface area contributed by atoms with Crippen LogP contribution in [0.2, 0.25) is 0 Å². The van der Waals surface area contributed by atoms with Gasteiger partial charge in [-0.25, -0.2) is 4.39 Å². The van der Waals surface area contributed by atoms with Gasteiger partial charge in [-0.15, -0.1) is 0 Å². The lowest BCUT2D eigenvalue weighted by atomic mass is 10.1. The first-order valence-corrected chi connectivity index (χ1v) is 5.18. The quantitative estimate of drug-likeness (QED) is 0.680. The summed E-state index contributed by atoms with van der Waals surface area (Å²) >= 11 is 0. The standard InChI is InChI=1S/C9H7F10NO/c10-1-4(7(11,12)13)20-2-5(8(14,15)16)21-6(3-20)9(17,18)19/h1,5-6H,2-3H2/b4-1-. The van der Waals surface area contributed by atoms with Crippen LogP contribution >= 0.6 is 0 Å². The molecule has 2 nitrogen and oxygen atoms in total. The van der Waals surface area contributed by atoms with Gasteiger partial charge >= 0.3 is 18.5 Å². The van der Waals surface area contributed by atoms with E-state index in [9.17, 15) is 43.9 Å². The molecule has 1 heterocycles. The smallest absolute Gasteiger partial charge is 0.360 e. The predicted octanol–water partition coefficient (Wildman–Crippen LogP) is 3.55. The van der Waals surface area contributed by atoms with E-state index >= 15 is 0 Å². The molecule has 0 N–H and O–H groups in total. The second-order valence-corrected chi connectivity index (χ2v) is 4.09. The molecule has 21 heavy (non-hydrogen) atoms. The first-order valence-electron chi connectivity index (χ1n) is 5.18. The van der Waals surface area contributed by atoms with E-state index in [4.69, 9.17) is 0 Å². The summed E-state index contributed by atoms with van der Waals surface area (Å²) in [6.07, 6.45) is -23.4. The summed E-state index contributed by atoms with van der Waals surface area (Å²) in [4.78, 5) is -0.375. The Morgan fingerprint density at radius 1 is 0.857 bits per heavy atom. The minimum atomic E-state index is -5.43. The molecule has 1 rings (SSSR count). The van der Waals surface area contributed by atoms with E-state index in [0.717, 1.165) is 0 Å². The van der Waals surface area contributed by atoms with Gasteiger partial charge in [0.05, 0.1) is 13.1 Å². The van der Waals surface area contributed by atoms with E-state index < -0.39 is 55.9 Å². The Kier molecular flexibility index (Phi) is 4.71. The van der Waals surface area contributed by atoms with Gasteiger partial charge in [-0.05, 0) is 0 Å². The van der Waals surface area contributed by atoms with Crippen LogP contribution in [0.15, 0.2) is 12.0 Å². The third kappa shape index (κ3) is 4.38. The van der Waals surface area contributed by atoms with E-state index in [1.807, 2.05) is 0 Å². The average molecular weight is 335 g/mol. The SMILES string of the molecule is F/C=C(\N1CC(C(F)(F)F)OC(C(F)(F)F)C1)C(F)(F)F. The van der Waals surface area contributed by atoms with Gasteiger partial charge in [0.1, 0.15) is 12.0 Å². The highest BCUT2D eigenvalue weighted by Gasteiger charge is 2.55. The van der Waals surface area contributed by atoms with Crippen molar-refractivity contribution in [3.05, 3.63) is 12.0 Å². The van der Waals surface area contributed by atoms with Crippen LogP contribution in [-0.4, -0.2) is 48.7 Å². The van der Waals surface area contributed by atoms with Crippen LogP contribution in [0.4, 0.5) is 43.9 Å². The topological polar surface area (TPSA) is 12.5 Å². The lowest BCUT2D eigenvalue weighted by Gasteiger charge is -2.41. The zero-order valence-corrected chi connectivity index (χ0v) is 9.78. The van der Waals surface area contributed by atoms with Crippen LogP contribution in [0.5, 0.6) is 0 Å². The van der Waals surface area contributed by atoms with Crippen molar-refractivity contribution in [3.8, 4) is 0 Å². The van der Waals surface area contributed by atoms with Crippen LogP contribution in [0.1, 0.15) is 0 Å². The van der Waals surface area contributed by atoms with E-state index in [0.29, 0.717) is 0 Å². The predicted molar refractivity (Wildman–Crippen MR) is 47.6 cm³/mol. The third-order valence-electron chi connectivity index (χ3n) is 2.57. The second kappa shape index (κ2) is 5.54. The van der Waals surface area contributed by atoms with Crippen molar-refractivity contribution in [1.82, 2.24) is 4.90 Å². The summed E-state index contributed by atoms with van der Waals surface area (Å²) < 4.78 is 128.